The number of esters is 1. The zero-order valence-corrected chi connectivity index (χ0v) is 51.1. The minimum atomic E-state index is -2.10. The fourth-order valence-electron chi connectivity index (χ4n) is 13.8. The van der Waals surface area contributed by atoms with Crippen molar-refractivity contribution < 1.29 is 150 Å². The summed E-state index contributed by atoms with van der Waals surface area (Å²) in [5, 5.41) is 101. The van der Waals surface area contributed by atoms with Crippen molar-refractivity contribution >= 4 is 35.0 Å². The van der Waals surface area contributed by atoms with E-state index in [0.29, 0.717) is 0 Å². The van der Waals surface area contributed by atoms with Crippen LogP contribution in [0.4, 0.5) is 0 Å². The van der Waals surface area contributed by atoms with E-state index in [0.717, 1.165) is 0 Å². The van der Waals surface area contributed by atoms with Gasteiger partial charge in [0.15, 0.2) is 66.5 Å². The molecule has 0 aromatic heterocycles. The SMILES string of the molecule is COC[C@H]1O[C@@H](O[C@H]2OC[C@@H]3O[C@]4(O[C@H]3[C@H]2O)O[C@H](C)[C@@](O)(C(C)=O)[C@@H]2OCO[C@H]24)[C@@H](O)[C@@H](O)[C@@H]1O[C@@H]1O[C@H](C)[C@H](OC)[C@H](O[C@H]2C[C@@]3(C)OC4(C[C@@H](O)[C@H](O[C@H]5C[C@@H](O)[C@H](OC(=O)c6c(C)c(Cl)c(O)c(Cl)c6O)[C@@H](C)O5)[C@@H](C)O4)O[C@@H]3[C@@H](C)O2)[C@H]1O. The number of carbonyl (C=O) groups is 2. The first-order chi connectivity index (χ1) is 41.5. The molecule has 0 aliphatic carbocycles. The minimum absolute atomic E-state index is 0.00730. The number of carbonyl (C=O) groups excluding carboxylic acids is 2. The molecule has 0 bridgehead atoms. The Labute approximate surface area is 514 Å². The number of hydrogen-bond acceptors (Lipinski definition) is 31. The number of ether oxygens (including phenoxy) is 20. The summed E-state index contributed by atoms with van der Waals surface area (Å²) in [7, 11) is 2.75. The highest BCUT2D eigenvalue weighted by Gasteiger charge is 2.72. The van der Waals surface area contributed by atoms with Crippen molar-refractivity contribution in [3.63, 3.8) is 0 Å². The third-order valence-electron chi connectivity index (χ3n) is 18.3. The summed E-state index contributed by atoms with van der Waals surface area (Å²) in [6, 6.07) is 0. The number of rotatable bonds is 14. The number of benzene rings is 1. The quantitative estimate of drug-likeness (QED) is 0.0997. The molecule has 11 rings (SSSR count). The molecule has 10 saturated heterocycles. The fourth-order valence-corrected chi connectivity index (χ4v) is 14.2. The number of ketones is 1. The summed E-state index contributed by atoms with van der Waals surface area (Å²) in [5.41, 5.74) is -3.72. The van der Waals surface area contributed by atoms with E-state index in [2.05, 4.69) is 0 Å². The van der Waals surface area contributed by atoms with E-state index < -0.39 is 223 Å². The predicted octanol–water partition coefficient (Wildman–Crippen LogP) is -1.11. The van der Waals surface area contributed by atoms with Gasteiger partial charge in [-0.1, -0.05) is 23.2 Å². The van der Waals surface area contributed by atoms with E-state index in [9.17, 15) is 55.5 Å². The first-order valence-electron chi connectivity index (χ1n) is 29.1. The van der Waals surface area contributed by atoms with Crippen LogP contribution in [0, 0.1) is 6.92 Å². The average molecular weight is 1310 g/mol. The van der Waals surface area contributed by atoms with Gasteiger partial charge in [0.25, 0.3) is 5.97 Å². The maximum atomic E-state index is 13.3. The van der Waals surface area contributed by atoms with Crippen LogP contribution < -0.4 is 0 Å². The topological polar surface area (TPSA) is 401 Å². The van der Waals surface area contributed by atoms with Gasteiger partial charge in [-0.05, 0) is 61.0 Å². The van der Waals surface area contributed by atoms with Gasteiger partial charge in [0.2, 0.25) is 0 Å². The van der Waals surface area contributed by atoms with Gasteiger partial charge in [-0.3, -0.25) is 4.79 Å². The summed E-state index contributed by atoms with van der Waals surface area (Å²) in [6.45, 7) is 11.4. The lowest BCUT2D eigenvalue weighted by atomic mass is 9.81. The lowest BCUT2D eigenvalue weighted by Crippen LogP contribution is -2.72. The van der Waals surface area contributed by atoms with Crippen LogP contribution in [0.1, 0.15) is 83.7 Å². The summed E-state index contributed by atoms with van der Waals surface area (Å²) in [6.07, 6.45) is -34.5. The second-order valence-electron chi connectivity index (χ2n) is 24.3. The van der Waals surface area contributed by atoms with Crippen molar-refractivity contribution in [1.29, 1.82) is 0 Å². The summed E-state index contributed by atoms with van der Waals surface area (Å²) in [5.74, 6) is -6.95. The van der Waals surface area contributed by atoms with Gasteiger partial charge in [-0.2, -0.15) is 0 Å². The van der Waals surface area contributed by atoms with E-state index in [4.69, 9.17) is 118 Å². The van der Waals surface area contributed by atoms with Gasteiger partial charge in [-0.25, -0.2) is 4.79 Å². The Kier molecular flexibility index (Phi) is 19.3. The van der Waals surface area contributed by atoms with E-state index in [1.165, 1.54) is 41.9 Å². The molecule has 1 aromatic carbocycles. The Bertz CT molecular complexity index is 2650. The molecule has 9 N–H and O–H groups in total. The molecule has 33 heteroatoms. The number of fused-ring (bicyclic) bond motifs is 4. The van der Waals surface area contributed by atoms with Crippen molar-refractivity contribution in [2.75, 3.05) is 34.2 Å². The maximum Gasteiger partial charge on any atom is 0.342 e. The molecule has 1 unspecified atom stereocenters. The Balaban J connectivity index is 0.694. The second-order valence-corrected chi connectivity index (χ2v) is 25.0. The fraction of sp³-hybridized carbons (Fsp3) is 0.855. The highest BCUT2D eigenvalue weighted by Crippen LogP contribution is 2.53. The van der Waals surface area contributed by atoms with Gasteiger partial charge in [0.05, 0.1) is 67.4 Å². The van der Waals surface area contributed by atoms with E-state index in [-0.39, 0.29) is 49.9 Å². The van der Waals surface area contributed by atoms with Crippen LogP contribution in [0.15, 0.2) is 0 Å². The molecule has 10 aliphatic rings. The van der Waals surface area contributed by atoms with Crippen molar-refractivity contribution in [2.45, 2.75) is 264 Å². The molecule has 31 nitrogen and oxygen atoms in total. The van der Waals surface area contributed by atoms with Crippen molar-refractivity contribution in [3.8, 4) is 11.5 Å². The van der Waals surface area contributed by atoms with Gasteiger partial charge < -0.3 is 141 Å². The molecule has 10 fully saturated rings. The third kappa shape index (κ3) is 11.7. The number of phenols is 2. The van der Waals surface area contributed by atoms with E-state index in [1.807, 2.05) is 0 Å². The van der Waals surface area contributed by atoms with E-state index >= 15 is 0 Å². The molecular weight excluding hydrogens is 1230 g/mol. The first kappa shape index (κ1) is 66.9. The van der Waals surface area contributed by atoms with Crippen LogP contribution >= 0.6 is 23.2 Å². The molecule has 31 atom stereocenters. The van der Waals surface area contributed by atoms with Gasteiger partial charge in [0.1, 0.15) is 102 Å². The number of methoxy groups -OCH3 is 2. The molecule has 0 amide bonds. The van der Waals surface area contributed by atoms with Gasteiger partial charge in [-0.15, -0.1) is 0 Å². The highest BCUT2D eigenvalue weighted by atomic mass is 35.5. The lowest BCUT2D eigenvalue weighted by Gasteiger charge is -2.49. The summed E-state index contributed by atoms with van der Waals surface area (Å²) >= 11 is 12.1. The summed E-state index contributed by atoms with van der Waals surface area (Å²) in [4.78, 5) is 25.9. The van der Waals surface area contributed by atoms with Crippen LogP contribution in [0.25, 0.3) is 0 Å². The maximum absolute atomic E-state index is 13.3. The zero-order chi connectivity index (χ0) is 63.6. The molecule has 0 saturated carbocycles. The van der Waals surface area contributed by atoms with Gasteiger partial charge in [0, 0.05) is 27.1 Å². The van der Waals surface area contributed by atoms with Gasteiger partial charge >= 0.3 is 11.9 Å². The van der Waals surface area contributed by atoms with Crippen molar-refractivity contribution in [2.24, 2.45) is 0 Å². The molecular formula is C55H78Cl2O31. The normalized spacial score (nSPS) is 50.2. The van der Waals surface area contributed by atoms with Crippen molar-refractivity contribution in [3.05, 3.63) is 21.2 Å². The molecule has 498 valence electrons. The number of halogens is 2. The molecule has 2 spiro atoms. The van der Waals surface area contributed by atoms with E-state index in [1.54, 1.807) is 27.7 Å². The average Bonchev–Trinajstić information content (AvgIpc) is 1.64. The molecule has 0 radical (unpaired) electrons. The Hall–Kier alpha value is -2.50. The molecule has 10 heterocycles. The number of phenolic OH excluding ortho intramolecular Hbond substituents is 2. The molecule has 88 heavy (non-hydrogen) atoms. The Morgan fingerprint density at radius 1 is 0.636 bits per heavy atom. The standard InChI is InChI=1S/C55H78Cl2O31/c1-17-30(33(61)32(57)34(62)31(17)56)48(67)80-39-18(2)74-28(11-24(39)59)78-40-20(4)83-53(12-25(40)60)87-45-21(5)75-29(13-52(45,8)88-53)79-44-38(66)51(76-19(3)41(44)70-10)81-42-26(14-69-9)77-50(36(64)35(42)63)82-49-37(65)43-27(15-71-49)85-55(86-43)47-46(72-16-73-47)54(68,22(6)58)23(7)84-55/h18-21,23-29,35-47,49-51,59-66,68H,11-16H2,1-10H3/t18-,19-,20-,21-,23-,24-,25-,26-,27+,28+,29+,35-,36+,37-,38-,39-,40-,41+,42-,43-,44-,45-,46-,47-,49-,50+,51+,52-,53?,54+,55-/m1/s1. The smallest absolute Gasteiger partial charge is 0.342 e. The Morgan fingerprint density at radius 2 is 1.32 bits per heavy atom. The van der Waals surface area contributed by atoms with Crippen molar-refractivity contribution in [1.82, 2.24) is 0 Å². The lowest BCUT2D eigenvalue weighted by molar-refractivity contribution is -0.428. The number of Topliss-reactive ketones (excluding diaryl/α,β-unsaturated/α-hetero) is 1. The minimum Gasteiger partial charge on any atom is -0.505 e. The summed E-state index contributed by atoms with van der Waals surface area (Å²) < 4.78 is 121. The van der Waals surface area contributed by atoms with Crippen LogP contribution in [0.3, 0.4) is 0 Å². The first-order valence-corrected chi connectivity index (χ1v) is 29.9. The number of aliphatic hydroxyl groups is 7. The largest absolute Gasteiger partial charge is 0.505 e. The van der Waals surface area contributed by atoms with Crippen LogP contribution in [-0.2, 0) is 99.5 Å². The van der Waals surface area contributed by atoms with Crippen LogP contribution in [-0.4, -0.2) is 281 Å². The number of hydrogen-bond donors (Lipinski definition) is 9. The number of aliphatic hydroxyl groups excluding tert-OH is 6. The van der Waals surface area contributed by atoms with Crippen LogP contribution in [0.2, 0.25) is 10.0 Å². The third-order valence-corrected chi connectivity index (χ3v) is 19.1. The monoisotopic (exact) mass is 1300 g/mol. The second kappa shape index (κ2) is 25.3. The molecule has 1 aromatic rings. The molecule has 10 aliphatic heterocycles. The predicted molar refractivity (Wildman–Crippen MR) is 284 cm³/mol. The number of aromatic hydroxyl groups is 2. The highest BCUT2D eigenvalue weighted by molar-refractivity contribution is 6.39. The zero-order valence-electron chi connectivity index (χ0n) is 49.6. The Morgan fingerprint density at radius 3 is 2.00 bits per heavy atom. The van der Waals surface area contributed by atoms with Crippen LogP contribution in [0.5, 0.6) is 11.5 Å².